The Morgan fingerprint density at radius 3 is 2.95 bits per heavy atom. The summed E-state index contributed by atoms with van der Waals surface area (Å²) in [5, 5.41) is 3.53. The fourth-order valence-corrected chi connectivity index (χ4v) is 2.55. The second-order valence-electron chi connectivity index (χ2n) is 5.79. The second-order valence-corrected chi connectivity index (χ2v) is 5.79. The molecule has 3 rings (SSSR count). The smallest absolute Gasteiger partial charge is 0.128 e. The Hall–Kier alpha value is -1.13. The minimum Gasteiger partial charge on any atom is -0.355 e. The zero-order chi connectivity index (χ0) is 13.1. The van der Waals surface area contributed by atoms with Gasteiger partial charge in [0.2, 0.25) is 0 Å². The van der Waals surface area contributed by atoms with E-state index < -0.39 is 0 Å². The maximum absolute atomic E-state index is 4.81. The van der Waals surface area contributed by atoms with Crippen LogP contribution in [0.4, 0.5) is 5.82 Å². The second kappa shape index (κ2) is 5.88. The highest BCUT2D eigenvalue weighted by molar-refractivity contribution is 5.39. The first-order valence-electron chi connectivity index (χ1n) is 7.44. The molecule has 2 aliphatic rings. The summed E-state index contributed by atoms with van der Waals surface area (Å²) in [6.45, 7) is 5.44. The summed E-state index contributed by atoms with van der Waals surface area (Å²) in [7, 11) is 2.20. The lowest BCUT2D eigenvalue weighted by Crippen LogP contribution is -2.29. The highest BCUT2D eigenvalue weighted by atomic mass is 15.2. The summed E-state index contributed by atoms with van der Waals surface area (Å²) in [5.41, 5.74) is 1.17. The van der Waals surface area contributed by atoms with Crippen molar-refractivity contribution in [2.45, 2.75) is 31.8 Å². The first-order valence-corrected chi connectivity index (χ1v) is 7.44. The quantitative estimate of drug-likeness (QED) is 0.888. The summed E-state index contributed by atoms with van der Waals surface area (Å²) in [5.74, 6) is 1.14. The maximum atomic E-state index is 4.81. The van der Waals surface area contributed by atoms with E-state index in [4.69, 9.17) is 4.98 Å². The van der Waals surface area contributed by atoms with E-state index in [2.05, 4.69) is 40.4 Å². The van der Waals surface area contributed by atoms with E-state index in [0.29, 0.717) is 0 Å². The van der Waals surface area contributed by atoms with Gasteiger partial charge < -0.3 is 15.1 Å². The summed E-state index contributed by atoms with van der Waals surface area (Å²) >= 11 is 0. The molecular weight excluding hydrogens is 236 g/mol. The molecule has 0 radical (unpaired) electrons. The Morgan fingerprint density at radius 1 is 1.21 bits per heavy atom. The topological polar surface area (TPSA) is 31.4 Å². The zero-order valence-electron chi connectivity index (χ0n) is 11.8. The molecule has 4 nitrogen and oxygen atoms in total. The van der Waals surface area contributed by atoms with Crippen molar-refractivity contribution >= 4 is 5.82 Å². The molecule has 0 amide bonds. The van der Waals surface area contributed by atoms with Crippen LogP contribution in [0.5, 0.6) is 0 Å². The Labute approximate surface area is 115 Å². The van der Waals surface area contributed by atoms with Gasteiger partial charge in [0.1, 0.15) is 5.82 Å². The monoisotopic (exact) mass is 260 g/mol. The number of anilines is 1. The molecule has 19 heavy (non-hydrogen) atoms. The molecule has 0 spiro atoms. The van der Waals surface area contributed by atoms with E-state index in [1.165, 1.54) is 31.5 Å². The van der Waals surface area contributed by atoms with Crippen molar-refractivity contribution in [3.05, 3.63) is 23.9 Å². The normalized spacial score (nSPS) is 21.4. The van der Waals surface area contributed by atoms with Crippen molar-refractivity contribution in [1.29, 1.82) is 0 Å². The van der Waals surface area contributed by atoms with Gasteiger partial charge in [-0.15, -0.1) is 0 Å². The number of likely N-dealkylation sites (N-methyl/N-ethyl adjacent to an activating group) is 1. The number of nitrogens with one attached hydrogen (secondary N) is 1. The molecule has 1 saturated heterocycles. The van der Waals surface area contributed by atoms with Gasteiger partial charge >= 0.3 is 0 Å². The molecule has 1 N–H and O–H groups in total. The Kier molecular flexibility index (Phi) is 3.99. The van der Waals surface area contributed by atoms with E-state index in [1.54, 1.807) is 0 Å². The number of rotatable bonds is 4. The Bertz CT molecular complexity index is 416. The molecule has 1 aliphatic carbocycles. The van der Waals surface area contributed by atoms with Crippen molar-refractivity contribution in [3.63, 3.8) is 0 Å². The number of aromatic nitrogens is 1. The highest BCUT2D eigenvalue weighted by Gasteiger charge is 2.20. The predicted octanol–water partition coefficient (Wildman–Crippen LogP) is 1.48. The first-order chi connectivity index (χ1) is 9.31. The lowest BCUT2D eigenvalue weighted by Gasteiger charge is -2.22. The molecule has 1 aromatic rings. The predicted molar refractivity (Wildman–Crippen MR) is 78.4 cm³/mol. The van der Waals surface area contributed by atoms with Crippen LogP contribution in [-0.4, -0.2) is 49.2 Å². The molecule has 4 heteroatoms. The lowest BCUT2D eigenvalue weighted by atomic mass is 10.3. The van der Waals surface area contributed by atoms with E-state index in [-0.39, 0.29) is 0 Å². The van der Waals surface area contributed by atoms with Gasteiger partial charge in [-0.25, -0.2) is 4.98 Å². The van der Waals surface area contributed by atoms with Gasteiger partial charge in [0, 0.05) is 32.2 Å². The molecule has 1 aromatic heterocycles. The number of pyridine rings is 1. The minimum atomic E-state index is 0.747. The number of hydrogen-bond acceptors (Lipinski definition) is 4. The van der Waals surface area contributed by atoms with Gasteiger partial charge in [-0.2, -0.15) is 0 Å². The molecule has 0 atom stereocenters. The van der Waals surface area contributed by atoms with Crippen LogP contribution in [0.15, 0.2) is 18.2 Å². The highest BCUT2D eigenvalue weighted by Crippen LogP contribution is 2.19. The van der Waals surface area contributed by atoms with Crippen molar-refractivity contribution < 1.29 is 0 Å². The largest absolute Gasteiger partial charge is 0.355 e. The van der Waals surface area contributed by atoms with E-state index in [0.717, 1.165) is 38.0 Å². The number of hydrogen-bond donors (Lipinski definition) is 1. The van der Waals surface area contributed by atoms with Crippen molar-refractivity contribution in [2.75, 3.05) is 38.1 Å². The summed E-state index contributed by atoms with van der Waals surface area (Å²) < 4.78 is 0. The van der Waals surface area contributed by atoms with Crippen molar-refractivity contribution in [3.8, 4) is 0 Å². The van der Waals surface area contributed by atoms with E-state index in [9.17, 15) is 0 Å². The zero-order valence-corrected chi connectivity index (χ0v) is 11.8. The molecule has 0 unspecified atom stereocenters. The molecule has 0 bridgehead atoms. The van der Waals surface area contributed by atoms with Crippen LogP contribution < -0.4 is 10.2 Å². The van der Waals surface area contributed by atoms with Crippen LogP contribution in [0.1, 0.15) is 25.0 Å². The van der Waals surface area contributed by atoms with Crippen molar-refractivity contribution in [2.24, 2.45) is 0 Å². The van der Waals surface area contributed by atoms with Gasteiger partial charge in [-0.3, -0.25) is 0 Å². The third-order valence-electron chi connectivity index (χ3n) is 3.98. The molecule has 1 saturated carbocycles. The molecular formula is C15H24N4. The van der Waals surface area contributed by atoms with Crippen LogP contribution in [0.2, 0.25) is 0 Å². The minimum absolute atomic E-state index is 0.747. The molecule has 0 aromatic carbocycles. The van der Waals surface area contributed by atoms with Crippen molar-refractivity contribution in [1.82, 2.24) is 15.2 Å². The lowest BCUT2D eigenvalue weighted by molar-refractivity contribution is 0.360. The van der Waals surface area contributed by atoms with E-state index >= 15 is 0 Å². The van der Waals surface area contributed by atoms with Gasteiger partial charge in [0.15, 0.2) is 0 Å². The standard InChI is InChI=1S/C15H24N4/c1-18-8-3-9-19(11-10-18)15-5-2-4-14(17-15)12-16-13-6-7-13/h2,4-5,13,16H,3,6-12H2,1H3. The maximum Gasteiger partial charge on any atom is 0.128 e. The summed E-state index contributed by atoms with van der Waals surface area (Å²) in [6.07, 6.45) is 3.89. The van der Waals surface area contributed by atoms with Crippen LogP contribution >= 0.6 is 0 Å². The fraction of sp³-hybridized carbons (Fsp3) is 0.667. The van der Waals surface area contributed by atoms with Crippen LogP contribution in [0, 0.1) is 0 Å². The average Bonchev–Trinajstić information content (AvgIpc) is 3.24. The third kappa shape index (κ3) is 3.67. The van der Waals surface area contributed by atoms with Gasteiger partial charge in [-0.05, 0) is 45.0 Å². The molecule has 2 fully saturated rings. The molecule has 104 valence electrons. The fourth-order valence-electron chi connectivity index (χ4n) is 2.55. The Balaban J connectivity index is 1.63. The van der Waals surface area contributed by atoms with Gasteiger partial charge in [0.25, 0.3) is 0 Å². The first kappa shape index (κ1) is 12.9. The third-order valence-corrected chi connectivity index (χ3v) is 3.98. The van der Waals surface area contributed by atoms with Crippen LogP contribution in [0.25, 0.3) is 0 Å². The summed E-state index contributed by atoms with van der Waals surface area (Å²) in [6, 6.07) is 7.16. The Morgan fingerprint density at radius 2 is 2.11 bits per heavy atom. The number of nitrogens with zero attached hydrogens (tertiary/aromatic N) is 3. The van der Waals surface area contributed by atoms with Crippen LogP contribution in [0.3, 0.4) is 0 Å². The molecule has 2 heterocycles. The van der Waals surface area contributed by atoms with Gasteiger partial charge in [0.05, 0.1) is 5.69 Å². The van der Waals surface area contributed by atoms with E-state index in [1.807, 2.05) is 0 Å². The molecule has 1 aliphatic heterocycles. The SMILES string of the molecule is CN1CCCN(c2cccc(CNC3CC3)n2)CC1. The summed E-state index contributed by atoms with van der Waals surface area (Å²) in [4.78, 5) is 9.63. The van der Waals surface area contributed by atoms with Gasteiger partial charge in [-0.1, -0.05) is 6.07 Å². The average molecular weight is 260 g/mol. The van der Waals surface area contributed by atoms with Crippen LogP contribution in [-0.2, 0) is 6.54 Å².